The first-order chi connectivity index (χ1) is 13.5. The number of carbonyl (C=O) groups excluding carboxylic acids is 2. The van der Waals surface area contributed by atoms with E-state index in [9.17, 15) is 9.59 Å². The second-order valence-electron chi connectivity index (χ2n) is 6.94. The summed E-state index contributed by atoms with van der Waals surface area (Å²) in [6, 6.07) is 15.0. The molecule has 4 rings (SSSR count). The second kappa shape index (κ2) is 7.26. The zero-order valence-electron chi connectivity index (χ0n) is 15.7. The number of nitrogens with one attached hydrogen (secondary N) is 1. The third kappa shape index (κ3) is 3.51. The minimum Gasteiger partial charge on any atom is -0.407 e. The first-order valence-electron chi connectivity index (χ1n) is 9.08. The van der Waals surface area contributed by atoms with E-state index < -0.39 is 0 Å². The Morgan fingerprint density at radius 2 is 1.89 bits per heavy atom. The van der Waals surface area contributed by atoms with Gasteiger partial charge in [0.2, 0.25) is 11.8 Å². The summed E-state index contributed by atoms with van der Waals surface area (Å²) in [6.45, 7) is 4.41. The fraction of sp³-hybridized carbons (Fsp3) is 0.238. The predicted octanol–water partition coefficient (Wildman–Crippen LogP) is 3.46. The maximum absolute atomic E-state index is 12.4. The molecule has 2 heterocycles. The van der Waals surface area contributed by atoms with Gasteiger partial charge in [-0.15, -0.1) is 5.10 Å². The Morgan fingerprint density at radius 3 is 2.64 bits per heavy atom. The van der Waals surface area contributed by atoms with E-state index in [2.05, 4.69) is 15.5 Å². The molecule has 1 aliphatic rings. The summed E-state index contributed by atoms with van der Waals surface area (Å²) in [5.41, 5.74) is 3.52. The van der Waals surface area contributed by atoms with Crippen molar-refractivity contribution in [3.05, 3.63) is 71.1 Å². The lowest BCUT2D eigenvalue weighted by Crippen LogP contribution is -2.24. The summed E-state index contributed by atoms with van der Waals surface area (Å²) in [5.74, 6) is -0.156. The summed E-state index contributed by atoms with van der Waals surface area (Å²) in [7, 11) is 0. The van der Waals surface area contributed by atoms with E-state index in [0.29, 0.717) is 24.4 Å². The lowest BCUT2D eigenvalue weighted by atomic mass is 10.1. The predicted molar refractivity (Wildman–Crippen MR) is 104 cm³/mol. The molecular formula is C21H20N4O3. The van der Waals surface area contributed by atoms with Crippen LogP contribution in [0.1, 0.15) is 39.7 Å². The van der Waals surface area contributed by atoms with Gasteiger partial charge in [0.25, 0.3) is 5.91 Å². The standard InChI is InChI=1S/C21H20N4O3/c1-13-8-9-15(10-14(13)2)19(27)22-21-24-23-20(28-21)16-11-18(26)25(12-16)17-6-4-3-5-7-17/h3-10,16H,11-12H2,1-2H3,(H,22,24,27). The molecule has 28 heavy (non-hydrogen) atoms. The Bertz CT molecular complexity index is 1030. The fourth-order valence-corrected chi connectivity index (χ4v) is 3.23. The highest BCUT2D eigenvalue weighted by molar-refractivity contribution is 6.03. The van der Waals surface area contributed by atoms with Crippen molar-refractivity contribution in [2.75, 3.05) is 16.8 Å². The lowest BCUT2D eigenvalue weighted by Gasteiger charge is -2.15. The Hall–Kier alpha value is -3.48. The number of rotatable bonds is 4. The molecule has 7 nitrogen and oxygen atoms in total. The van der Waals surface area contributed by atoms with Crippen molar-refractivity contribution in [1.29, 1.82) is 0 Å². The minimum absolute atomic E-state index is 0.00937. The molecular weight excluding hydrogens is 356 g/mol. The van der Waals surface area contributed by atoms with Crippen molar-refractivity contribution in [2.45, 2.75) is 26.2 Å². The minimum atomic E-state index is -0.313. The van der Waals surface area contributed by atoms with Gasteiger partial charge in [-0.2, -0.15) is 0 Å². The number of aryl methyl sites for hydroxylation is 2. The van der Waals surface area contributed by atoms with Gasteiger partial charge in [-0.1, -0.05) is 29.4 Å². The molecule has 2 amide bonds. The Labute approximate surface area is 162 Å². The average Bonchev–Trinajstić information content (AvgIpc) is 3.31. The summed E-state index contributed by atoms with van der Waals surface area (Å²) in [5, 5.41) is 10.6. The normalized spacial score (nSPS) is 16.4. The van der Waals surface area contributed by atoms with E-state index >= 15 is 0 Å². The monoisotopic (exact) mass is 376 g/mol. The van der Waals surface area contributed by atoms with Gasteiger partial charge < -0.3 is 9.32 Å². The maximum atomic E-state index is 12.4. The molecule has 2 aromatic carbocycles. The lowest BCUT2D eigenvalue weighted by molar-refractivity contribution is -0.117. The van der Waals surface area contributed by atoms with Gasteiger partial charge in [0.05, 0.1) is 5.92 Å². The van der Waals surface area contributed by atoms with Crippen LogP contribution in [0.5, 0.6) is 0 Å². The quantitative estimate of drug-likeness (QED) is 0.753. The number of carbonyl (C=O) groups is 2. The summed E-state index contributed by atoms with van der Waals surface area (Å²) in [6.07, 6.45) is 0.293. The molecule has 1 fully saturated rings. The molecule has 142 valence electrons. The molecule has 0 spiro atoms. The van der Waals surface area contributed by atoms with Crippen LogP contribution in [-0.2, 0) is 4.79 Å². The summed E-state index contributed by atoms with van der Waals surface area (Å²) < 4.78 is 5.61. The van der Waals surface area contributed by atoms with Gasteiger partial charge in [-0.05, 0) is 49.2 Å². The third-order valence-corrected chi connectivity index (χ3v) is 4.97. The van der Waals surface area contributed by atoms with Crippen LogP contribution in [-0.4, -0.2) is 28.6 Å². The van der Waals surface area contributed by atoms with Crippen LogP contribution in [0.3, 0.4) is 0 Å². The molecule has 1 aliphatic heterocycles. The number of amides is 2. The fourth-order valence-electron chi connectivity index (χ4n) is 3.23. The number of benzene rings is 2. The van der Waals surface area contributed by atoms with Gasteiger partial charge in [-0.3, -0.25) is 14.9 Å². The zero-order chi connectivity index (χ0) is 19.7. The van der Waals surface area contributed by atoms with Crippen LogP contribution in [0.15, 0.2) is 52.9 Å². The van der Waals surface area contributed by atoms with Gasteiger partial charge in [0.15, 0.2) is 0 Å². The van der Waals surface area contributed by atoms with Crippen molar-refractivity contribution in [3.63, 3.8) is 0 Å². The topological polar surface area (TPSA) is 88.3 Å². The van der Waals surface area contributed by atoms with Crippen molar-refractivity contribution < 1.29 is 14.0 Å². The van der Waals surface area contributed by atoms with Crippen LogP contribution < -0.4 is 10.2 Å². The van der Waals surface area contributed by atoms with E-state index in [1.54, 1.807) is 11.0 Å². The van der Waals surface area contributed by atoms with E-state index in [-0.39, 0.29) is 23.7 Å². The smallest absolute Gasteiger partial charge is 0.322 e. The highest BCUT2D eigenvalue weighted by Crippen LogP contribution is 2.31. The van der Waals surface area contributed by atoms with Crippen LogP contribution in [0.2, 0.25) is 0 Å². The molecule has 1 atom stereocenters. The molecule has 1 N–H and O–H groups in total. The summed E-state index contributed by atoms with van der Waals surface area (Å²) >= 11 is 0. The molecule has 1 unspecified atom stereocenters. The Kier molecular flexibility index (Phi) is 4.65. The van der Waals surface area contributed by atoms with Crippen LogP contribution >= 0.6 is 0 Å². The van der Waals surface area contributed by atoms with Crippen LogP contribution in [0.4, 0.5) is 11.7 Å². The van der Waals surface area contributed by atoms with Crippen LogP contribution in [0.25, 0.3) is 0 Å². The van der Waals surface area contributed by atoms with Crippen molar-refractivity contribution in [2.24, 2.45) is 0 Å². The third-order valence-electron chi connectivity index (χ3n) is 4.97. The van der Waals surface area contributed by atoms with E-state index in [0.717, 1.165) is 16.8 Å². The first-order valence-corrected chi connectivity index (χ1v) is 9.08. The molecule has 3 aromatic rings. The van der Waals surface area contributed by atoms with E-state index in [1.807, 2.05) is 56.3 Å². The molecule has 1 aromatic heterocycles. The maximum Gasteiger partial charge on any atom is 0.322 e. The molecule has 0 saturated carbocycles. The van der Waals surface area contributed by atoms with Gasteiger partial charge in [0.1, 0.15) is 0 Å². The largest absolute Gasteiger partial charge is 0.407 e. The number of hydrogen-bond donors (Lipinski definition) is 1. The van der Waals surface area contributed by atoms with Crippen molar-refractivity contribution in [3.8, 4) is 0 Å². The van der Waals surface area contributed by atoms with Gasteiger partial charge in [-0.25, -0.2) is 0 Å². The zero-order valence-corrected chi connectivity index (χ0v) is 15.7. The Balaban J connectivity index is 1.45. The van der Waals surface area contributed by atoms with Gasteiger partial charge in [0, 0.05) is 24.2 Å². The molecule has 1 saturated heterocycles. The molecule has 0 bridgehead atoms. The van der Waals surface area contributed by atoms with Gasteiger partial charge >= 0.3 is 6.01 Å². The van der Waals surface area contributed by atoms with Crippen molar-refractivity contribution >= 4 is 23.5 Å². The highest BCUT2D eigenvalue weighted by atomic mass is 16.4. The number of nitrogens with zero attached hydrogens (tertiary/aromatic N) is 3. The first kappa shape index (κ1) is 17.9. The Morgan fingerprint density at radius 1 is 1.11 bits per heavy atom. The number of aromatic nitrogens is 2. The highest BCUT2D eigenvalue weighted by Gasteiger charge is 2.35. The average molecular weight is 376 g/mol. The number of hydrogen-bond acceptors (Lipinski definition) is 5. The second-order valence-corrected chi connectivity index (χ2v) is 6.94. The van der Waals surface area contributed by atoms with Crippen LogP contribution in [0, 0.1) is 13.8 Å². The molecule has 7 heteroatoms. The van der Waals surface area contributed by atoms with E-state index in [4.69, 9.17) is 4.42 Å². The summed E-state index contributed by atoms with van der Waals surface area (Å²) in [4.78, 5) is 26.5. The van der Waals surface area contributed by atoms with Crippen molar-refractivity contribution in [1.82, 2.24) is 10.2 Å². The van der Waals surface area contributed by atoms with E-state index in [1.165, 1.54) is 0 Å². The molecule has 0 radical (unpaired) electrons. The SMILES string of the molecule is Cc1ccc(C(=O)Nc2nnc(C3CC(=O)N(c4ccccc4)C3)o2)cc1C. The number of anilines is 2. The molecule has 0 aliphatic carbocycles. The number of para-hydroxylation sites is 1.